The van der Waals surface area contributed by atoms with Gasteiger partial charge in [-0.15, -0.1) is 0 Å². The standard InChI is InChI=1S/C5H13N3/c6-3-5-1-2-8(7)4-5/h5H,1-4,6-7H2. The van der Waals surface area contributed by atoms with Crippen molar-refractivity contribution in [1.29, 1.82) is 0 Å². The third-order valence-electron chi connectivity index (χ3n) is 1.65. The number of rotatable bonds is 1. The molecule has 1 fully saturated rings. The molecule has 0 aromatic rings. The first-order valence-corrected chi connectivity index (χ1v) is 3.02. The molecular weight excluding hydrogens is 102 g/mol. The highest BCUT2D eigenvalue weighted by atomic mass is 15.4. The Labute approximate surface area is 49.6 Å². The largest absolute Gasteiger partial charge is 0.330 e. The van der Waals surface area contributed by atoms with Gasteiger partial charge in [-0.3, -0.25) is 5.84 Å². The number of hydrazine groups is 1. The SMILES string of the molecule is NCC1CCN(N)C1. The number of hydrogen-bond acceptors (Lipinski definition) is 3. The van der Waals surface area contributed by atoms with E-state index in [0.717, 1.165) is 19.6 Å². The Morgan fingerprint density at radius 1 is 1.62 bits per heavy atom. The minimum Gasteiger partial charge on any atom is -0.330 e. The molecule has 0 radical (unpaired) electrons. The molecule has 1 rings (SSSR count). The maximum atomic E-state index is 5.48. The first kappa shape index (κ1) is 6.01. The van der Waals surface area contributed by atoms with Crippen molar-refractivity contribution in [1.82, 2.24) is 5.01 Å². The lowest BCUT2D eigenvalue weighted by Crippen LogP contribution is -2.29. The van der Waals surface area contributed by atoms with E-state index in [1.807, 2.05) is 5.01 Å². The van der Waals surface area contributed by atoms with Crippen LogP contribution in [-0.4, -0.2) is 24.6 Å². The first-order chi connectivity index (χ1) is 3.83. The van der Waals surface area contributed by atoms with Gasteiger partial charge in [0.25, 0.3) is 0 Å². The van der Waals surface area contributed by atoms with Crippen LogP contribution in [0.15, 0.2) is 0 Å². The zero-order chi connectivity index (χ0) is 5.98. The summed E-state index contributed by atoms with van der Waals surface area (Å²) in [4.78, 5) is 0. The van der Waals surface area contributed by atoms with Crippen molar-refractivity contribution in [3.05, 3.63) is 0 Å². The van der Waals surface area contributed by atoms with Crippen LogP contribution in [0.2, 0.25) is 0 Å². The summed E-state index contributed by atoms with van der Waals surface area (Å²) in [7, 11) is 0. The summed E-state index contributed by atoms with van der Waals surface area (Å²) in [6, 6.07) is 0. The predicted molar refractivity (Wildman–Crippen MR) is 32.9 cm³/mol. The van der Waals surface area contributed by atoms with E-state index in [4.69, 9.17) is 11.6 Å². The molecule has 0 aromatic heterocycles. The molecule has 4 N–H and O–H groups in total. The van der Waals surface area contributed by atoms with Crippen LogP contribution in [0.25, 0.3) is 0 Å². The zero-order valence-corrected chi connectivity index (χ0v) is 5.01. The van der Waals surface area contributed by atoms with Gasteiger partial charge in [-0.2, -0.15) is 0 Å². The minimum absolute atomic E-state index is 0.653. The highest BCUT2D eigenvalue weighted by Crippen LogP contribution is 2.09. The Morgan fingerprint density at radius 3 is 2.62 bits per heavy atom. The lowest BCUT2D eigenvalue weighted by atomic mass is 10.1. The second-order valence-corrected chi connectivity index (χ2v) is 2.39. The van der Waals surface area contributed by atoms with E-state index >= 15 is 0 Å². The molecule has 3 heteroatoms. The highest BCUT2D eigenvalue weighted by Gasteiger charge is 2.17. The van der Waals surface area contributed by atoms with Crippen LogP contribution >= 0.6 is 0 Å². The maximum Gasteiger partial charge on any atom is 0.0169 e. The van der Waals surface area contributed by atoms with Gasteiger partial charge >= 0.3 is 0 Å². The fraction of sp³-hybridized carbons (Fsp3) is 1.00. The molecule has 1 aliphatic heterocycles. The molecule has 0 saturated carbocycles. The van der Waals surface area contributed by atoms with E-state index in [0.29, 0.717) is 5.92 Å². The monoisotopic (exact) mass is 115 g/mol. The normalized spacial score (nSPS) is 31.5. The van der Waals surface area contributed by atoms with Gasteiger partial charge in [-0.1, -0.05) is 0 Å². The fourth-order valence-electron chi connectivity index (χ4n) is 1.06. The van der Waals surface area contributed by atoms with Crippen LogP contribution in [-0.2, 0) is 0 Å². The summed E-state index contributed by atoms with van der Waals surface area (Å²) in [6.07, 6.45) is 1.17. The van der Waals surface area contributed by atoms with Gasteiger partial charge in [0.05, 0.1) is 0 Å². The van der Waals surface area contributed by atoms with Crippen LogP contribution in [0, 0.1) is 5.92 Å². The van der Waals surface area contributed by atoms with Gasteiger partial charge in [0.2, 0.25) is 0 Å². The van der Waals surface area contributed by atoms with Crippen molar-refractivity contribution < 1.29 is 0 Å². The maximum absolute atomic E-state index is 5.48. The molecule has 1 saturated heterocycles. The van der Waals surface area contributed by atoms with Crippen molar-refractivity contribution >= 4 is 0 Å². The molecular formula is C5H13N3. The predicted octanol–water partition coefficient (Wildman–Crippen LogP) is -0.859. The van der Waals surface area contributed by atoms with Crippen molar-refractivity contribution in [2.45, 2.75) is 6.42 Å². The van der Waals surface area contributed by atoms with Gasteiger partial charge in [0, 0.05) is 13.1 Å². The number of nitrogens with zero attached hydrogens (tertiary/aromatic N) is 1. The molecule has 1 atom stereocenters. The van der Waals surface area contributed by atoms with Crippen LogP contribution in [0.4, 0.5) is 0 Å². The highest BCUT2D eigenvalue weighted by molar-refractivity contribution is 4.71. The van der Waals surface area contributed by atoms with Crippen molar-refractivity contribution in [3.63, 3.8) is 0 Å². The molecule has 1 heterocycles. The lowest BCUT2D eigenvalue weighted by molar-refractivity contribution is 0.339. The second kappa shape index (κ2) is 2.44. The van der Waals surface area contributed by atoms with Crippen LogP contribution in [0.3, 0.4) is 0 Å². The van der Waals surface area contributed by atoms with Gasteiger partial charge in [0.15, 0.2) is 0 Å². The molecule has 1 aliphatic rings. The van der Waals surface area contributed by atoms with Crippen LogP contribution < -0.4 is 11.6 Å². The molecule has 0 aromatic carbocycles. The number of nitrogens with two attached hydrogens (primary N) is 2. The molecule has 0 amide bonds. The van der Waals surface area contributed by atoms with Crippen LogP contribution in [0.1, 0.15) is 6.42 Å². The Morgan fingerprint density at radius 2 is 2.38 bits per heavy atom. The average Bonchev–Trinajstić information content (AvgIpc) is 2.14. The number of hydrogen-bond donors (Lipinski definition) is 2. The van der Waals surface area contributed by atoms with Crippen molar-refractivity contribution in [2.75, 3.05) is 19.6 Å². The van der Waals surface area contributed by atoms with Crippen molar-refractivity contribution in [3.8, 4) is 0 Å². The Hall–Kier alpha value is -0.120. The summed E-state index contributed by atoms with van der Waals surface area (Å²) < 4.78 is 0. The summed E-state index contributed by atoms with van der Waals surface area (Å²) in [5.41, 5.74) is 5.41. The van der Waals surface area contributed by atoms with Gasteiger partial charge in [-0.05, 0) is 18.9 Å². The van der Waals surface area contributed by atoms with E-state index < -0.39 is 0 Å². The summed E-state index contributed by atoms with van der Waals surface area (Å²) in [6.45, 7) is 2.78. The van der Waals surface area contributed by atoms with E-state index in [1.54, 1.807) is 0 Å². The van der Waals surface area contributed by atoms with Gasteiger partial charge < -0.3 is 5.73 Å². The topological polar surface area (TPSA) is 55.3 Å². The zero-order valence-electron chi connectivity index (χ0n) is 5.01. The smallest absolute Gasteiger partial charge is 0.0169 e. The Balaban J connectivity index is 2.22. The summed E-state index contributed by atoms with van der Waals surface area (Å²) in [5.74, 6) is 6.13. The first-order valence-electron chi connectivity index (χ1n) is 3.02. The summed E-state index contributed by atoms with van der Waals surface area (Å²) >= 11 is 0. The van der Waals surface area contributed by atoms with Gasteiger partial charge in [-0.25, -0.2) is 5.01 Å². The third-order valence-corrected chi connectivity index (χ3v) is 1.65. The Bertz CT molecular complexity index is 74.1. The van der Waals surface area contributed by atoms with Gasteiger partial charge in [0.1, 0.15) is 0 Å². The Kier molecular flexibility index (Phi) is 1.83. The molecule has 1 unspecified atom stereocenters. The van der Waals surface area contributed by atoms with E-state index in [-0.39, 0.29) is 0 Å². The molecule has 0 spiro atoms. The molecule has 8 heavy (non-hydrogen) atoms. The second-order valence-electron chi connectivity index (χ2n) is 2.39. The minimum atomic E-state index is 0.653. The fourth-order valence-corrected chi connectivity index (χ4v) is 1.06. The van der Waals surface area contributed by atoms with Crippen molar-refractivity contribution in [2.24, 2.45) is 17.5 Å². The molecule has 3 nitrogen and oxygen atoms in total. The van der Waals surface area contributed by atoms with Crippen LogP contribution in [0.5, 0.6) is 0 Å². The average molecular weight is 115 g/mol. The lowest BCUT2D eigenvalue weighted by Gasteiger charge is -2.05. The third kappa shape index (κ3) is 1.18. The van der Waals surface area contributed by atoms with E-state index in [9.17, 15) is 0 Å². The van der Waals surface area contributed by atoms with E-state index in [1.165, 1.54) is 6.42 Å². The molecule has 0 aliphatic carbocycles. The molecule has 0 bridgehead atoms. The quantitative estimate of drug-likeness (QED) is 0.437. The molecule has 48 valence electrons. The van der Waals surface area contributed by atoms with E-state index in [2.05, 4.69) is 0 Å². The summed E-state index contributed by atoms with van der Waals surface area (Å²) in [5, 5.41) is 1.83.